The number of pyridine rings is 2. The molecular formula is C34H34F3N9O6. The third-order valence-electron chi connectivity index (χ3n) is 8.69. The summed E-state index contributed by atoms with van der Waals surface area (Å²) in [6.07, 6.45) is -1.41. The van der Waals surface area contributed by atoms with Crippen LogP contribution in [0.1, 0.15) is 34.1 Å². The van der Waals surface area contributed by atoms with Gasteiger partial charge < -0.3 is 34.3 Å². The van der Waals surface area contributed by atoms with Crippen molar-refractivity contribution in [3.8, 4) is 28.9 Å². The van der Waals surface area contributed by atoms with E-state index in [2.05, 4.69) is 25.4 Å². The maximum Gasteiger partial charge on any atom is 0.416 e. The molecular weight excluding hydrogens is 687 g/mol. The molecule has 5 heterocycles. The van der Waals surface area contributed by atoms with E-state index in [-0.39, 0.29) is 84.9 Å². The number of halogens is 3. The number of benzene rings is 1. The van der Waals surface area contributed by atoms with E-state index in [0.29, 0.717) is 17.1 Å². The number of carbonyl (C=O) groups excluding carboxylic acids is 2. The van der Waals surface area contributed by atoms with Gasteiger partial charge in [0, 0.05) is 55.9 Å². The second-order valence-electron chi connectivity index (χ2n) is 11.8. The fraction of sp³-hybridized carbons (Fsp3) is 0.324. The predicted octanol–water partition coefficient (Wildman–Crippen LogP) is 3.56. The van der Waals surface area contributed by atoms with E-state index in [0.717, 1.165) is 16.6 Å². The highest BCUT2D eigenvalue weighted by Gasteiger charge is 2.32. The average molecular weight is 722 g/mol. The van der Waals surface area contributed by atoms with Gasteiger partial charge in [-0.2, -0.15) is 22.7 Å². The molecule has 5 aromatic rings. The summed E-state index contributed by atoms with van der Waals surface area (Å²) in [5, 5.41) is 17.7. The Kier molecular flexibility index (Phi) is 9.73. The van der Waals surface area contributed by atoms with Gasteiger partial charge >= 0.3 is 6.18 Å². The van der Waals surface area contributed by atoms with Crippen LogP contribution in [0, 0.1) is 6.92 Å². The van der Waals surface area contributed by atoms with Crippen molar-refractivity contribution >= 4 is 29.0 Å². The second kappa shape index (κ2) is 14.2. The smallest absolute Gasteiger partial charge is 0.416 e. The summed E-state index contributed by atoms with van der Waals surface area (Å²) in [6, 6.07) is 7.66. The Labute approximate surface area is 294 Å². The van der Waals surface area contributed by atoms with Gasteiger partial charge in [-0.3, -0.25) is 14.4 Å². The number of piperazine rings is 1. The average Bonchev–Trinajstić information content (AvgIpc) is 3.59. The lowest BCUT2D eigenvalue weighted by atomic mass is 10.1. The number of fused-ring (bicyclic) bond motifs is 1. The molecule has 0 radical (unpaired) electrons. The number of hydrogen-bond donors (Lipinski definition) is 2. The zero-order valence-electron chi connectivity index (χ0n) is 28.6. The first-order valence-electron chi connectivity index (χ1n) is 16.1. The quantitative estimate of drug-likeness (QED) is 0.228. The van der Waals surface area contributed by atoms with Gasteiger partial charge in [-0.25, -0.2) is 9.97 Å². The molecule has 0 atom stereocenters. The number of carbonyl (C=O) groups is 2. The minimum Gasteiger partial charge on any atom is -0.503 e. The minimum absolute atomic E-state index is 0.0236. The highest BCUT2D eigenvalue weighted by Crippen LogP contribution is 2.32. The van der Waals surface area contributed by atoms with Crippen LogP contribution in [-0.2, 0) is 23.9 Å². The zero-order valence-corrected chi connectivity index (χ0v) is 28.6. The fourth-order valence-electron chi connectivity index (χ4n) is 6.09. The molecule has 1 aliphatic heterocycles. The van der Waals surface area contributed by atoms with Gasteiger partial charge in [0.1, 0.15) is 12.2 Å². The number of aromatic hydroxyl groups is 1. The molecule has 1 fully saturated rings. The molecule has 0 spiro atoms. The number of nitrogens with one attached hydrogen (secondary N) is 1. The second-order valence-corrected chi connectivity index (χ2v) is 11.8. The molecule has 272 valence electrons. The van der Waals surface area contributed by atoms with Crippen molar-refractivity contribution in [2.24, 2.45) is 0 Å². The van der Waals surface area contributed by atoms with Gasteiger partial charge in [0.15, 0.2) is 11.6 Å². The van der Waals surface area contributed by atoms with E-state index in [1.54, 1.807) is 16.7 Å². The number of methoxy groups -OCH3 is 2. The molecule has 0 saturated carbocycles. The van der Waals surface area contributed by atoms with E-state index in [9.17, 15) is 32.7 Å². The number of alkyl halides is 3. The maximum absolute atomic E-state index is 14.3. The Bertz CT molecular complexity index is 2230. The largest absolute Gasteiger partial charge is 0.503 e. The van der Waals surface area contributed by atoms with Crippen molar-refractivity contribution in [2.75, 3.05) is 50.6 Å². The Balaban J connectivity index is 1.37. The molecule has 18 heteroatoms. The molecule has 1 aromatic carbocycles. The van der Waals surface area contributed by atoms with Gasteiger partial charge in [0.2, 0.25) is 17.6 Å². The molecule has 2 amide bonds. The fourth-order valence-corrected chi connectivity index (χ4v) is 6.09. The lowest BCUT2D eigenvalue weighted by Crippen LogP contribution is -2.51. The summed E-state index contributed by atoms with van der Waals surface area (Å²) in [5.74, 6) is -0.964. The number of rotatable bonds is 9. The van der Waals surface area contributed by atoms with E-state index < -0.39 is 29.1 Å². The van der Waals surface area contributed by atoms with Crippen LogP contribution in [0.25, 0.3) is 17.2 Å². The van der Waals surface area contributed by atoms with Crippen LogP contribution in [0.3, 0.4) is 0 Å². The van der Waals surface area contributed by atoms with Crippen LogP contribution >= 0.6 is 0 Å². The number of nitrogens with zero attached hydrogens (tertiary/aromatic N) is 8. The minimum atomic E-state index is -4.54. The lowest BCUT2D eigenvalue weighted by Gasteiger charge is -2.37. The van der Waals surface area contributed by atoms with Crippen LogP contribution in [0.15, 0.2) is 53.6 Å². The first kappa shape index (κ1) is 35.6. The van der Waals surface area contributed by atoms with Gasteiger partial charge in [-0.15, -0.1) is 5.10 Å². The maximum atomic E-state index is 14.3. The number of ether oxygens (including phenoxy) is 2. The standard InChI is InChI=1S/C34H34F3N9O6/c1-5-24-27(43-12-14-44(15-13-43)31(49)22-9-11-39-30(52-4)28(22)48)32(50)46-33(41-29(42-46)20-8-10-38-26(17-20)51-3)45(24)18-25(47)40-23-7-6-21(16-19(23)2)34(35,36)37/h6-11,16-17,48H,5,12-15,18H2,1-4H3,(H,40,47). The lowest BCUT2D eigenvalue weighted by molar-refractivity contribution is -0.137. The van der Waals surface area contributed by atoms with Crippen LogP contribution in [0.2, 0.25) is 0 Å². The summed E-state index contributed by atoms with van der Waals surface area (Å²) in [4.78, 5) is 57.2. The van der Waals surface area contributed by atoms with Crippen molar-refractivity contribution in [3.05, 3.63) is 81.5 Å². The third kappa shape index (κ3) is 6.78. The van der Waals surface area contributed by atoms with Gasteiger partial charge in [-0.05, 0) is 49.2 Å². The van der Waals surface area contributed by atoms with E-state index in [1.807, 2.05) is 11.8 Å². The first-order valence-corrected chi connectivity index (χ1v) is 16.1. The summed E-state index contributed by atoms with van der Waals surface area (Å²) < 4.78 is 52.8. The molecule has 15 nitrogen and oxygen atoms in total. The van der Waals surface area contributed by atoms with Crippen LogP contribution in [0.4, 0.5) is 24.5 Å². The van der Waals surface area contributed by atoms with Crippen molar-refractivity contribution < 1.29 is 37.3 Å². The van der Waals surface area contributed by atoms with Crippen LogP contribution in [-0.4, -0.2) is 91.4 Å². The zero-order chi connectivity index (χ0) is 37.3. The van der Waals surface area contributed by atoms with E-state index in [1.165, 1.54) is 50.6 Å². The number of aromatic nitrogens is 6. The molecule has 6 rings (SSSR count). The summed E-state index contributed by atoms with van der Waals surface area (Å²) >= 11 is 0. The molecule has 1 saturated heterocycles. The van der Waals surface area contributed by atoms with Gasteiger partial charge in [0.25, 0.3) is 17.3 Å². The number of amides is 2. The monoisotopic (exact) mass is 721 g/mol. The van der Waals surface area contributed by atoms with E-state index in [4.69, 9.17) is 9.47 Å². The third-order valence-corrected chi connectivity index (χ3v) is 8.69. The van der Waals surface area contributed by atoms with Crippen LogP contribution < -0.4 is 25.2 Å². The highest BCUT2D eigenvalue weighted by molar-refractivity contribution is 5.97. The van der Waals surface area contributed by atoms with Gasteiger partial charge in [0.05, 0.1) is 31.0 Å². The Morgan fingerprint density at radius 3 is 2.38 bits per heavy atom. The normalized spacial score (nSPS) is 13.4. The number of anilines is 2. The van der Waals surface area contributed by atoms with Crippen LogP contribution in [0.5, 0.6) is 17.5 Å². The predicted molar refractivity (Wildman–Crippen MR) is 182 cm³/mol. The van der Waals surface area contributed by atoms with Crippen molar-refractivity contribution in [2.45, 2.75) is 33.0 Å². The Morgan fingerprint density at radius 1 is 1.00 bits per heavy atom. The molecule has 0 aliphatic carbocycles. The topological polar surface area (TPSA) is 169 Å². The molecule has 1 aliphatic rings. The molecule has 0 unspecified atom stereocenters. The van der Waals surface area contributed by atoms with Crippen molar-refractivity contribution in [3.63, 3.8) is 0 Å². The first-order chi connectivity index (χ1) is 24.8. The molecule has 4 aromatic heterocycles. The van der Waals surface area contributed by atoms with Crippen molar-refractivity contribution in [1.29, 1.82) is 0 Å². The summed E-state index contributed by atoms with van der Waals surface area (Å²) in [5.41, 5.74) is 0.288. The molecule has 2 N–H and O–H groups in total. The number of aryl methyl sites for hydroxylation is 1. The van der Waals surface area contributed by atoms with Gasteiger partial charge in [-0.1, -0.05) is 6.92 Å². The number of hydrogen-bond acceptors (Lipinski definition) is 11. The van der Waals surface area contributed by atoms with E-state index >= 15 is 0 Å². The Hall–Kier alpha value is -6.20. The summed E-state index contributed by atoms with van der Waals surface area (Å²) in [6.45, 7) is 3.74. The molecule has 52 heavy (non-hydrogen) atoms. The summed E-state index contributed by atoms with van der Waals surface area (Å²) in [7, 11) is 2.78. The highest BCUT2D eigenvalue weighted by atomic mass is 19.4. The Morgan fingerprint density at radius 2 is 1.73 bits per heavy atom. The SMILES string of the molecule is CCc1c(N2CCN(C(=O)c3ccnc(OC)c3O)CC2)c(=O)n2nc(-c3ccnc(OC)c3)nc2n1CC(=O)Nc1ccc(C(F)(F)F)cc1C. The van der Waals surface area contributed by atoms with Crippen molar-refractivity contribution in [1.82, 2.24) is 34.0 Å². The molecule has 0 bridgehead atoms.